The molecule has 2 N–H and O–H groups in total. The van der Waals surface area contributed by atoms with Crippen molar-refractivity contribution in [1.82, 2.24) is 20.1 Å². The van der Waals surface area contributed by atoms with Gasteiger partial charge in [0.05, 0.1) is 18.3 Å². The number of nitrogens with zero attached hydrogens (tertiary/aromatic N) is 3. The van der Waals surface area contributed by atoms with Crippen molar-refractivity contribution < 1.29 is 14.6 Å². The molecular weight excluding hydrogens is 416 g/mol. The number of amides is 2. The summed E-state index contributed by atoms with van der Waals surface area (Å²) in [5, 5.41) is 14.0. The second-order valence-corrected chi connectivity index (χ2v) is 9.56. The number of benzene rings is 1. The Kier molecular flexibility index (Phi) is 6.90. The lowest BCUT2D eigenvalue weighted by Crippen LogP contribution is -2.43. The Morgan fingerprint density at radius 2 is 1.79 bits per heavy atom. The molecule has 0 spiro atoms. The number of pyridine rings is 1. The van der Waals surface area contributed by atoms with Crippen LogP contribution in [0.2, 0.25) is 0 Å². The number of rotatable bonds is 8. The van der Waals surface area contributed by atoms with E-state index in [9.17, 15) is 9.90 Å². The van der Waals surface area contributed by atoms with Gasteiger partial charge in [-0.2, -0.15) is 0 Å². The molecule has 1 aromatic heterocycles. The maximum atomic E-state index is 12.8. The van der Waals surface area contributed by atoms with Crippen LogP contribution in [0.1, 0.15) is 41.1 Å². The highest BCUT2D eigenvalue weighted by Gasteiger charge is 2.30. The van der Waals surface area contributed by atoms with Crippen molar-refractivity contribution in [3.05, 3.63) is 65.0 Å². The van der Waals surface area contributed by atoms with Gasteiger partial charge in [0.2, 0.25) is 0 Å². The monoisotopic (exact) mass is 450 g/mol. The number of fused-ring (bicyclic) bond motifs is 1. The number of carbonyl (C=O) groups excluding carboxylic acids is 1. The van der Waals surface area contributed by atoms with Gasteiger partial charge in [-0.05, 0) is 54.4 Å². The topological polar surface area (TPSA) is 77.9 Å². The molecule has 0 bridgehead atoms. The van der Waals surface area contributed by atoms with E-state index in [-0.39, 0.29) is 6.03 Å². The number of β-amino-alcohol motifs (C(OH)–C–C–N with tert-alkyl or cyclic N) is 1. The molecule has 2 aliphatic heterocycles. The van der Waals surface area contributed by atoms with Crippen molar-refractivity contribution in [1.29, 1.82) is 0 Å². The van der Waals surface area contributed by atoms with E-state index in [4.69, 9.17) is 4.74 Å². The van der Waals surface area contributed by atoms with E-state index in [0.29, 0.717) is 44.7 Å². The van der Waals surface area contributed by atoms with Gasteiger partial charge in [0, 0.05) is 51.6 Å². The molecule has 176 valence electrons. The van der Waals surface area contributed by atoms with Crippen LogP contribution in [-0.4, -0.2) is 77.5 Å². The van der Waals surface area contributed by atoms with Crippen LogP contribution < -0.4 is 5.32 Å². The third-order valence-electron chi connectivity index (χ3n) is 7.20. The number of ether oxygens (including phenoxy) is 1. The molecule has 1 atom stereocenters. The largest absolute Gasteiger partial charge is 0.390 e. The molecule has 5 rings (SSSR count). The summed E-state index contributed by atoms with van der Waals surface area (Å²) in [6.45, 7) is 4.32. The Bertz CT molecular complexity index is 920. The first kappa shape index (κ1) is 22.3. The van der Waals surface area contributed by atoms with Gasteiger partial charge >= 0.3 is 6.03 Å². The second kappa shape index (κ2) is 10.2. The highest BCUT2D eigenvalue weighted by Crippen LogP contribution is 2.26. The number of hydrogen-bond donors (Lipinski definition) is 2. The van der Waals surface area contributed by atoms with Gasteiger partial charge in [0.15, 0.2) is 0 Å². The summed E-state index contributed by atoms with van der Waals surface area (Å²) in [6.07, 6.45) is 5.48. The van der Waals surface area contributed by atoms with Crippen molar-refractivity contribution in [2.75, 3.05) is 39.4 Å². The fourth-order valence-corrected chi connectivity index (χ4v) is 5.27. The van der Waals surface area contributed by atoms with E-state index in [0.717, 1.165) is 44.6 Å². The van der Waals surface area contributed by atoms with Crippen molar-refractivity contribution >= 4 is 6.03 Å². The van der Waals surface area contributed by atoms with Crippen LogP contribution in [0.4, 0.5) is 4.79 Å². The lowest BCUT2D eigenvalue weighted by atomic mass is 9.93. The first-order valence-corrected chi connectivity index (χ1v) is 12.2. The minimum atomic E-state index is -0.575. The molecule has 7 heteroatoms. The molecule has 3 aliphatic rings. The lowest BCUT2D eigenvalue weighted by molar-refractivity contribution is 0.0852. The third kappa shape index (κ3) is 5.37. The fraction of sp³-hybridized carbons (Fsp3) is 0.538. The molecule has 1 aliphatic carbocycles. The van der Waals surface area contributed by atoms with Crippen molar-refractivity contribution in [3.63, 3.8) is 0 Å². The smallest absolute Gasteiger partial charge is 0.320 e. The van der Waals surface area contributed by atoms with Gasteiger partial charge in [-0.25, -0.2) is 4.79 Å². The average molecular weight is 451 g/mol. The zero-order valence-electron chi connectivity index (χ0n) is 19.2. The lowest BCUT2D eigenvalue weighted by Gasteiger charge is -2.23. The Morgan fingerprint density at radius 1 is 1.06 bits per heavy atom. The molecule has 7 nitrogen and oxygen atoms in total. The zero-order valence-corrected chi connectivity index (χ0v) is 19.2. The average Bonchev–Trinajstić information content (AvgIpc) is 3.42. The predicted molar refractivity (Wildman–Crippen MR) is 126 cm³/mol. The SMILES string of the molecule is O=C1N(Cc2ccc(C3CCOCC3)cn2)CCN1C[C@@H](O)CNC1Cc2ccccc2C1. The first-order valence-electron chi connectivity index (χ1n) is 12.2. The van der Waals surface area contributed by atoms with Crippen LogP contribution in [0.3, 0.4) is 0 Å². The van der Waals surface area contributed by atoms with Crippen LogP contribution >= 0.6 is 0 Å². The number of carbonyl (C=O) groups is 1. The van der Waals surface area contributed by atoms with Crippen LogP contribution in [-0.2, 0) is 24.1 Å². The number of aliphatic hydroxyl groups excluding tert-OH is 1. The summed E-state index contributed by atoms with van der Waals surface area (Å²) in [7, 11) is 0. The van der Waals surface area contributed by atoms with Gasteiger partial charge in [-0.3, -0.25) is 4.98 Å². The third-order valence-corrected chi connectivity index (χ3v) is 7.20. The highest BCUT2D eigenvalue weighted by molar-refractivity contribution is 5.76. The Labute approximate surface area is 195 Å². The molecule has 33 heavy (non-hydrogen) atoms. The summed E-state index contributed by atoms with van der Waals surface area (Å²) in [5.74, 6) is 0.526. The molecule has 2 saturated heterocycles. The van der Waals surface area contributed by atoms with E-state index in [1.165, 1.54) is 16.7 Å². The zero-order chi connectivity index (χ0) is 22.6. The van der Waals surface area contributed by atoms with E-state index in [1.807, 2.05) is 17.2 Å². The van der Waals surface area contributed by atoms with Crippen LogP contribution in [0.15, 0.2) is 42.6 Å². The van der Waals surface area contributed by atoms with Crippen LogP contribution in [0.5, 0.6) is 0 Å². The minimum Gasteiger partial charge on any atom is -0.390 e. The summed E-state index contributed by atoms with van der Waals surface area (Å²) >= 11 is 0. The van der Waals surface area contributed by atoms with Crippen molar-refractivity contribution in [2.45, 2.75) is 50.3 Å². The molecule has 0 saturated carbocycles. The molecule has 0 radical (unpaired) electrons. The van der Waals surface area contributed by atoms with E-state index in [2.05, 4.69) is 40.6 Å². The van der Waals surface area contributed by atoms with Crippen molar-refractivity contribution in [3.8, 4) is 0 Å². The number of aliphatic hydroxyl groups is 1. The number of nitrogens with one attached hydrogen (secondary N) is 1. The summed E-state index contributed by atoms with van der Waals surface area (Å²) in [5.41, 5.74) is 4.95. The number of hydrogen-bond acceptors (Lipinski definition) is 5. The van der Waals surface area contributed by atoms with Gasteiger partial charge in [0.1, 0.15) is 0 Å². The predicted octanol–water partition coefficient (Wildman–Crippen LogP) is 2.33. The highest BCUT2D eigenvalue weighted by atomic mass is 16.5. The Balaban J connectivity index is 1.06. The Morgan fingerprint density at radius 3 is 2.48 bits per heavy atom. The Hall–Kier alpha value is -2.48. The van der Waals surface area contributed by atoms with Gasteiger partial charge in [0.25, 0.3) is 0 Å². The van der Waals surface area contributed by atoms with Crippen molar-refractivity contribution in [2.24, 2.45) is 0 Å². The fourth-order valence-electron chi connectivity index (χ4n) is 5.27. The standard InChI is InChI=1S/C26H34N4O3/c31-25(16-28-24-13-20-3-1-2-4-21(20)14-24)18-30-10-9-29(26(30)32)17-23-6-5-22(15-27-23)19-7-11-33-12-8-19/h1-6,15,19,24-25,28,31H,7-14,16-18H2/t25-/m0/s1. The molecule has 2 aromatic rings. The normalized spacial score (nSPS) is 20.5. The molecular formula is C26H34N4O3. The summed E-state index contributed by atoms with van der Waals surface area (Å²) in [6, 6.07) is 13.0. The minimum absolute atomic E-state index is 0.0161. The number of aromatic nitrogens is 1. The van der Waals surface area contributed by atoms with E-state index < -0.39 is 6.10 Å². The molecule has 3 heterocycles. The molecule has 2 fully saturated rings. The maximum absolute atomic E-state index is 12.8. The summed E-state index contributed by atoms with van der Waals surface area (Å²) in [4.78, 5) is 21.0. The van der Waals surface area contributed by atoms with E-state index >= 15 is 0 Å². The number of urea groups is 1. The molecule has 0 unspecified atom stereocenters. The summed E-state index contributed by atoms with van der Waals surface area (Å²) < 4.78 is 5.45. The van der Waals surface area contributed by atoms with Crippen LogP contribution in [0.25, 0.3) is 0 Å². The molecule has 1 aromatic carbocycles. The van der Waals surface area contributed by atoms with Crippen LogP contribution in [0, 0.1) is 0 Å². The van der Waals surface area contributed by atoms with Gasteiger partial charge < -0.3 is 25.0 Å². The van der Waals surface area contributed by atoms with Gasteiger partial charge in [-0.1, -0.05) is 30.3 Å². The first-order chi connectivity index (χ1) is 16.2. The van der Waals surface area contributed by atoms with Gasteiger partial charge in [-0.15, -0.1) is 0 Å². The maximum Gasteiger partial charge on any atom is 0.320 e. The molecule has 2 amide bonds. The van der Waals surface area contributed by atoms with E-state index in [1.54, 1.807) is 4.90 Å². The quantitative estimate of drug-likeness (QED) is 0.646. The second-order valence-electron chi connectivity index (χ2n) is 9.56.